The first kappa shape index (κ1) is 15.9. The predicted molar refractivity (Wildman–Crippen MR) is 63.4 cm³/mol. The molecular formula is C12H27NO. The van der Waals surface area contributed by atoms with Gasteiger partial charge in [0.2, 0.25) is 5.91 Å². The molecule has 0 aliphatic rings. The molecule has 0 aromatic heterocycles. The van der Waals surface area contributed by atoms with E-state index in [0.29, 0.717) is 6.42 Å². The van der Waals surface area contributed by atoms with Gasteiger partial charge < -0.3 is 5.32 Å². The van der Waals surface area contributed by atoms with E-state index < -0.39 is 0 Å². The fourth-order valence-corrected chi connectivity index (χ4v) is 1.03. The van der Waals surface area contributed by atoms with Crippen LogP contribution in [0.25, 0.3) is 0 Å². The Morgan fingerprint density at radius 2 is 1.57 bits per heavy atom. The molecule has 0 aliphatic heterocycles. The van der Waals surface area contributed by atoms with Crippen LogP contribution in [-0.4, -0.2) is 12.5 Å². The molecule has 1 amide bonds. The van der Waals surface area contributed by atoms with E-state index in [-0.39, 0.29) is 5.91 Å². The fourth-order valence-electron chi connectivity index (χ4n) is 1.03. The Balaban J connectivity index is 0. The summed E-state index contributed by atoms with van der Waals surface area (Å²) in [6.45, 7) is 9.12. The van der Waals surface area contributed by atoms with Crippen molar-refractivity contribution in [1.29, 1.82) is 0 Å². The van der Waals surface area contributed by atoms with Crippen LogP contribution < -0.4 is 5.32 Å². The third-order valence-corrected chi connectivity index (χ3v) is 1.86. The van der Waals surface area contributed by atoms with Gasteiger partial charge in [0.25, 0.3) is 0 Å². The number of unbranched alkanes of at least 4 members (excludes halogenated alkanes) is 3. The minimum Gasteiger partial charge on any atom is -0.356 e. The molecule has 14 heavy (non-hydrogen) atoms. The molecule has 0 saturated heterocycles. The predicted octanol–water partition coefficient (Wildman–Crippen LogP) is 3.51. The average molecular weight is 201 g/mol. The molecule has 0 aromatic rings. The second-order valence-electron chi connectivity index (χ2n) is 3.16. The molecule has 0 fully saturated rings. The molecule has 0 unspecified atom stereocenters. The van der Waals surface area contributed by atoms with Crippen molar-refractivity contribution in [3.8, 4) is 0 Å². The van der Waals surface area contributed by atoms with Gasteiger partial charge in [0.05, 0.1) is 0 Å². The van der Waals surface area contributed by atoms with Gasteiger partial charge in [-0.15, -0.1) is 0 Å². The Morgan fingerprint density at radius 3 is 2.07 bits per heavy atom. The lowest BCUT2D eigenvalue weighted by atomic mass is 10.2. The summed E-state index contributed by atoms with van der Waals surface area (Å²) in [5.41, 5.74) is 0. The summed E-state index contributed by atoms with van der Waals surface area (Å²) < 4.78 is 0. The first-order valence-corrected chi connectivity index (χ1v) is 6.08. The number of hydrogen-bond donors (Lipinski definition) is 1. The Labute approximate surface area is 89.5 Å². The van der Waals surface area contributed by atoms with Crippen LogP contribution in [0, 0.1) is 0 Å². The highest BCUT2D eigenvalue weighted by atomic mass is 16.1. The van der Waals surface area contributed by atoms with E-state index in [1.54, 1.807) is 0 Å². The first-order valence-electron chi connectivity index (χ1n) is 6.08. The van der Waals surface area contributed by atoms with Crippen LogP contribution in [0.5, 0.6) is 0 Å². The lowest BCUT2D eigenvalue weighted by Crippen LogP contribution is -2.23. The second-order valence-corrected chi connectivity index (χ2v) is 3.16. The van der Waals surface area contributed by atoms with Crippen molar-refractivity contribution < 1.29 is 4.79 Å². The summed E-state index contributed by atoms with van der Waals surface area (Å²) in [6.07, 6.45) is 6.34. The van der Waals surface area contributed by atoms with E-state index in [1.165, 1.54) is 12.8 Å². The lowest BCUT2D eigenvalue weighted by Gasteiger charge is -2.02. The maximum atomic E-state index is 11.1. The van der Waals surface area contributed by atoms with Gasteiger partial charge in [0.1, 0.15) is 0 Å². The zero-order valence-electron chi connectivity index (χ0n) is 10.4. The van der Waals surface area contributed by atoms with E-state index in [2.05, 4.69) is 19.2 Å². The van der Waals surface area contributed by atoms with Crippen LogP contribution >= 0.6 is 0 Å². The third-order valence-electron chi connectivity index (χ3n) is 1.86. The Bertz CT molecular complexity index is 101. The molecule has 0 aliphatic carbocycles. The maximum absolute atomic E-state index is 11.1. The Kier molecular flexibility index (Phi) is 17.0. The largest absolute Gasteiger partial charge is 0.356 e. The van der Waals surface area contributed by atoms with Gasteiger partial charge in [-0.1, -0.05) is 47.0 Å². The van der Waals surface area contributed by atoms with Gasteiger partial charge in [0, 0.05) is 13.0 Å². The number of rotatable bonds is 7. The maximum Gasteiger partial charge on any atom is 0.219 e. The summed E-state index contributed by atoms with van der Waals surface area (Å²) in [5, 5.41) is 2.90. The normalized spacial score (nSPS) is 8.86. The molecular weight excluding hydrogens is 174 g/mol. The highest BCUT2D eigenvalue weighted by molar-refractivity contribution is 5.75. The first-order chi connectivity index (χ1) is 6.81. The summed E-state index contributed by atoms with van der Waals surface area (Å²) in [4.78, 5) is 11.1. The van der Waals surface area contributed by atoms with Crippen molar-refractivity contribution in [2.24, 2.45) is 0 Å². The third kappa shape index (κ3) is 14.0. The minimum atomic E-state index is 0.219. The van der Waals surface area contributed by atoms with Crippen molar-refractivity contribution in [2.45, 2.75) is 66.2 Å². The van der Waals surface area contributed by atoms with Crippen molar-refractivity contribution in [3.05, 3.63) is 0 Å². The molecule has 0 saturated carbocycles. The van der Waals surface area contributed by atoms with Crippen LogP contribution in [0.15, 0.2) is 0 Å². The zero-order valence-corrected chi connectivity index (χ0v) is 10.4. The van der Waals surface area contributed by atoms with Crippen molar-refractivity contribution in [1.82, 2.24) is 5.32 Å². The molecule has 2 nitrogen and oxygen atoms in total. The topological polar surface area (TPSA) is 29.1 Å². The average Bonchev–Trinajstić information content (AvgIpc) is 2.22. The Hall–Kier alpha value is -0.530. The minimum absolute atomic E-state index is 0.219. The number of amides is 1. The highest BCUT2D eigenvalue weighted by Crippen LogP contribution is 1.98. The van der Waals surface area contributed by atoms with E-state index >= 15 is 0 Å². The van der Waals surface area contributed by atoms with Crippen molar-refractivity contribution >= 4 is 5.91 Å². The summed E-state index contributed by atoms with van der Waals surface area (Å²) >= 11 is 0. The lowest BCUT2D eigenvalue weighted by molar-refractivity contribution is -0.121. The molecule has 0 bridgehead atoms. The van der Waals surface area contributed by atoms with E-state index in [0.717, 1.165) is 25.8 Å². The van der Waals surface area contributed by atoms with Crippen LogP contribution in [0.2, 0.25) is 0 Å². The fraction of sp³-hybridized carbons (Fsp3) is 0.917. The number of hydrogen-bond acceptors (Lipinski definition) is 1. The molecule has 0 spiro atoms. The Morgan fingerprint density at radius 1 is 1.00 bits per heavy atom. The molecule has 0 aromatic carbocycles. The van der Waals surface area contributed by atoms with Gasteiger partial charge in [-0.05, 0) is 12.8 Å². The monoisotopic (exact) mass is 201 g/mol. The van der Waals surface area contributed by atoms with Gasteiger partial charge >= 0.3 is 0 Å². The smallest absolute Gasteiger partial charge is 0.219 e. The van der Waals surface area contributed by atoms with Crippen LogP contribution in [-0.2, 0) is 4.79 Å². The second kappa shape index (κ2) is 15.0. The quantitative estimate of drug-likeness (QED) is 0.627. The summed E-state index contributed by atoms with van der Waals surface area (Å²) in [7, 11) is 0. The van der Waals surface area contributed by atoms with E-state index in [4.69, 9.17) is 0 Å². The van der Waals surface area contributed by atoms with E-state index in [9.17, 15) is 4.79 Å². The summed E-state index contributed by atoms with van der Waals surface area (Å²) in [5.74, 6) is 0.219. The summed E-state index contributed by atoms with van der Waals surface area (Å²) in [6, 6.07) is 0. The number of nitrogens with one attached hydrogen (secondary N) is 1. The SMILES string of the molecule is CC.CCCCCC(=O)NCCCC. The number of carbonyl (C=O) groups is 1. The van der Waals surface area contributed by atoms with Gasteiger partial charge in [0.15, 0.2) is 0 Å². The van der Waals surface area contributed by atoms with E-state index in [1.807, 2.05) is 13.8 Å². The van der Waals surface area contributed by atoms with Crippen molar-refractivity contribution in [2.75, 3.05) is 6.54 Å². The van der Waals surface area contributed by atoms with Crippen LogP contribution in [0.1, 0.15) is 66.2 Å². The van der Waals surface area contributed by atoms with Crippen molar-refractivity contribution in [3.63, 3.8) is 0 Å². The van der Waals surface area contributed by atoms with Gasteiger partial charge in [-0.3, -0.25) is 4.79 Å². The van der Waals surface area contributed by atoms with Gasteiger partial charge in [-0.2, -0.15) is 0 Å². The van der Waals surface area contributed by atoms with Crippen LogP contribution in [0.3, 0.4) is 0 Å². The highest BCUT2D eigenvalue weighted by Gasteiger charge is 1.98. The molecule has 1 N–H and O–H groups in total. The molecule has 0 rings (SSSR count). The standard InChI is InChI=1S/C10H21NO.C2H6/c1-3-5-7-8-10(12)11-9-6-4-2;1-2/h3-9H2,1-2H3,(H,11,12);1-2H3. The molecule has 86 valence electrons. The number of carbonyl (C=O) groups excluding carboxylic acids is 1. The van der Waals surface area contributed by atoms with Gasteiger partial charge in [-0.25, -0.2) is 0 Å². The zero-order chi connectivity index (χ0) is 11.2. The molecule has 0 radical (unpaired) electrons. The van der Waals surface area contributed by atoms with Crippen LogP contribution in [0.4, 0.5) is 0 Å². The molecule has 0 atom stereocenters. The molecule has 2 heteroatoms. The molecule has 0 heterocycles.